The third kappa shape index (κ3) is 4.14. The van der Waals surface area contributed by atoms with Crippen molar-refractivity contribution in [1.82, 2.24) is 4.98 Å². The number of ether oxygens (including phenoxy) is 1. The quantitative estimate of drug-likeness (QED) is 0.727. The van der Waals surface area contributed by atoms with E-state index in [1.165, 1.54) is 0 Å². The van der Waals surface area contributed by atoms with Crippen molar-refractivity contribution >= 4 is 23.0 Å². The van der Waals surface area contributed by atoms with Gasteiger partial charge < -0.3 is 15.4 Å². The Morgan fingerprint density at radius 1 is 1.00 bits per heavy atom. The van der Waals surface area contributed by atoms with Crippen LogP contribution in [0, 0.1) is 6.92 Å². The summed E-state index contributed by atoms with van der Waals surface area (Å²) < 4.78 is 5.33. The molecule has 0 fully saturated rings. The Hall–Kier alpha value is -3.34. The lowest BCUT2D eigenvalue weighted by Crippen LogP contribution is -2.13. The number of carbonyl (C=O) groups excluding carboxylic acids is 1. The summed E-state index contributed by atoms with van der Waals surface area (Å²) in [5, 5.41) is 6.09. The number of rotatable bonds is 5. The van der Waals surface area contributed by atoms with Crippen molar-refractivity contribution in [3.63, 3.8) is 0 Å². The van der Waals surface area contributed by atoms with Crippen molar-refractivity contribution in [2.45, 2.75) is 6.92 Å². The molecule has 0 atom stereocenters. The molecule has 0 aliphatic rings. The molecule has 2 aromatic carbocycles. The molecular formula is C20H19N3O2. The number of methoxy groups -OCH3 is 1. The van der Waals surface area contributed by atoms with Crippen molar-refractivity contribution in [2.75, 3.05) is 17.7 Å². The van der Waals surface area contributed by atoms with E-state index in [0.29, 0.717) is 5.69 Å². The van der Waals surface area contributed by atoms with Crippen molar-refractivity contribution in [1.29, 1.82) is 0 Å². The van der Waals surface area contributed by atoms with Crippen LogP contribution in [-0.4, -0.2) is 18.0 Å². The van der Waals surface area contributed by atoms with Gasteiger partial charge in [0.2, 0.25) is 0 Å². The molecule has 5 nitrogen and oxygen atoms in total. The second kappa shape index (κ2) is 7.49. The second-order valence-electron chi connectivity index (χ2n) is 5.58. The summed E-state index contributed by atoms with van der Waals surface area (Å²) in [6, 6.07) is 18.7. The fourth-order valence-electron chi connectivity index (χ4n) is 2.37. The normalized spacial score (nSPS) is 10.2. The molecule has 1 amide bonds. The van der Waals surface area contributed by atoms with Gasteiger partial charge in [0.15, 0.2) is 0 Å². The summed E-state index contributed by atoms with van der Waals surface area (Å²) in [4.78, 5) is 16.6. The Labute approximate surface area is 146 Å². The van der Waals surface area contributed by atoms with Crippen LogP contribution in [0.2, 0.25) is 0 Å². The van der Waals surface area contributed by atoms with E-state index in [9.17, 15) is 4.79 Å². The lowest BCUT2D eigenvalue weighted by Gasteiger charge is -2.11. The number of aromatic nitrogens is 1. The van der Waals surface area contributed by atoms with E-state index in [4.69, 9.17) is 4.74 Å². The van der Waals surface area contributed by atoms with Gasteiger partial charge in [0.25, 0.3) is 5.91 Å². The molecule has 126 valence electrons. The minimum absolute atomic E-state index is 0.257. The number of aryl methyl sites for hydroxylation is 1. The SMILES string of the molecule is COc1ccccc1Nc1ccnc(C(=O)Nc2ccc(C)cc2)c1. The van der Waals surface area contributed by atoms with Crippen LogP contribution in [0.25, 0.3) is 0 Å². The van der Waals surface area contributed by atoms with Crippen molar-refractivity contribution in [3.8, 4) is 5.75 Å². The number of carbonyl (C=O) groups is 1. The van der Waals surface area contributed by atoms with Crippen LogP contribution < -0.4 is 15.4 Å². The molecule has 0 bridgehead atoms. The highest BCUT2D eigenvalue weighted by molar-refractivity contribution is 6.03. The van der Waals surface area contributed by atoms with Gasteiger partial charge >= 0.3 is 0 Å². The van der Waals surface area contributed by atoms with Crippen LogP contribution in [-0.2, 0) is 0 Å². The van der Waals surface area contributed by atoms with E-state index in [0.717, 1.165) is 28.4 Å². The molecule has 25 heavy (non-hydrogen) atoms. The van der Waals surface area contributed by atoms with Gasteiger partial charge in [0.1, 0.15) is 11.4 Å². The number of hydrogen-bond acceptors (Lipinski definition) is 4. The molecule has 0 saturated carbocycles. The van der Waals surface area contributed by atoms with Crippen LogP contribution in [0.1, 0.15) is 16.1 Å². The molecule has 3 aromatic rings. The average molecular weight is 333 g/mol. The van der Waals surface area contributed by atoms with E-state index in [1.807, 2.05) is 55.5 Å². The minimum atomic E-state index is -0.257. The lowest BCUT2D eigenvalue weighted by atomic mass is 10.2. The largest absolute Gasteiger partial charge is 0.495 e. The van der Waals surface area contributed by atoms with E-state index < -0.39 is 0 Å². The van der Waals surface area contributed by atoms with Gasteiger partial charge in [0.05, 0.1) is 12.8 Å². The van der Waals surface area contributed by atoms with E-state index in [-0.39, 0.29) is 5.91 Å². The molecular weight excluding hydrogens is 314 g/mol. The maximum atomic E-state index is 12.4. The Balaban J connectivity index is 1.76. The number of nitrogens with one attached hydrogen (secondary N) is 2. The molecule has 5 heteroatoms. The monoisotopic (exact) mass is 333 g/mol. The summed E-state index contributed by atoms with van der Waals surface area (Å²) >= 11 is 0. The summed E-state index contributed by atoms with van der Waals surface area (Å²) in [7, 11) is 1.62. The first-order chi connectivity index (χ1) is 12.2. The molecule has 0 radical (unpaired) electrons. The molecule has 1 heterocycles. The van der Waals surface area contributed by atoms with Gasteiger partial charge in [-0.2, -0.15) is 0 Å². The van der Waals surface area contributed by atoms with Crippen LogP contribution in [0.5, 0.6) is 5.75 Å². The lowest BCUT2D eigenvalue weighted by molar-refractivity contribution is 0.102. The zero-order valence-corrected chi connectivity index (χ0v) is 14.1. The number of hydrogen-bond donors (Lipinski definition) is 2. The summed E-state index contributed by atoms with van der Waals surface area (Å²) in [5.74, 6) is 0.470. The number of amides is 1. The Kier molecular flexibility index (Phi) is 4.95. The van der Waals surface area contributed by atoms with Gasteiger partial charge in [-0.1, -0.05) is 29.8 Å². The first-order valence-electron chi connectivity index (χ1n) is 7.90. The topological polar surface area (TPSA) is 63.2 Å². The molecule has 0 spiro atoms. The van der Waals surface area contributed by atoms with Crippen molar-refractivity contribution in [2.24, 2.45) is 0 Å². The summed E-state index contributed by atoms with van der Waals surface area (Å²) in [5.41, 5.74) is 3.79. The van der Waals surface area contributed by atoms with Crippen LogP contribution in [0.4, 0.5) is 17.1 Å². The number of pyridine rings is 1. The number of para-hydroxylation sites is 2. The van der Waals surface area contributed by atoms with Gasteiger partial charge in [-0.3, -0.25) is 9.78 Å². The highest BCUT2D eigenvalue weighted by Crippen LogP contribution is 2.27. The molecule has 1 aromatic heterocycles. The third-order valence-electron chi connectivity index (χ3n) is 3.69. The van der Waals surface area contributed by atoms with Gasteiger partial charge in [-0.05, 0) is 43.3 Å². The predicted octanol–water partition coefficient (Wildman–Crippen LogP) is 4.39. The molecule has 0 aliphatic carbocycles. The van der Waals surface area contributed by atoms with E-state index >= 15 is 0 Å². The minimum Gasteiger partial charge on any atom is -0.495 e. The van der Waals surface area contributed by atoms with Crippen molar-refractivity contribution in [3.05, 3.63) is 78.1 Å². The third-order valence-corrected chi connectivity index (χ3v) is 3.69. The zero-order valence-electron chi connectivity index (χ0n) is 14.1. The Morgan fingerprint density at radius 3 is 2.52 bits per heavy atom. The number of anilines is 3. The van der Waals surface area contributed by atoms with Gasteiger partial charge in [-0.25, -0.2) is 0 Å². The Morgan fingerprint density at radius 2 is 1.76 bits per heavy atom. The fraction of sp³-hybridized carbons (Fsp3) is 0.100. The summed E-state index contributed by atoms with van der Waals surface area (Å²) in [6.07, 6.45) is 1.60. The maximum absolute atomic E-state index is 12.4. The van der Waals surface area contributed by atoms with Gasteiger partial charge in [-0.15, -0.1) is 0 Å². The number of benzene rings is 2. The highest BCUT2D eigenvalue weighted by Gasteiger charge is 2.09. The van der Waals surface area contributed by atoms with Gasteiger partial charge in [0, 0.05) is 17.6 Å². The van der Waals surface area contributed by atoms with E-state index in [2.05, 4.69) is 15.6 Å². The second-order valence-corrected chi connectivity index (χ2v) is 5.58. The fourth-order valence-corrected chi connectivity index (χ4v) is 2.37. The molecule has 0 unspecified atom stereocenters. The van der Waals surface area contributed by atoms with Crippen LogP contribution in [0.15, 0.2) is 66.9 Å². The first-order valence-corrected chi connectivity index (χ1v) is 7.90. The van der Waals surface area contributed by atoms with Crippen molar-refractivity contribution < 1.29 is 9.53 Å². The average Bonchev–Trinajstić information content (AvgIpc) is 2.64. The molecule has 0 saturated heterocycles. The molecule has 0 aliphatic heterocycles. The standard InChI is InChI=1S/C20H19N3O2/c1-14-7-9-15(10-8-14)23-20(24)18-13-16(11-12-21-18)22-17-5-3-4-6-19(17)25-2/h3-13H,1-2H3,(H,21,22)(H,23,24). The number of nitrogens with zero attached hydrogens (tertiary/aromatic N) is 1. The maximum Gasteiger partial charge on any atom is 0.274 e. The van der Waals surface area contributed by atoms with Crippen LogP contribution in [0.3, 0.4) is 0 Å². The predicted molar refractivity (Wildman–Crippen MR) is 99.6 cm³/mol. The zero-order chi connectivity index (χ0) is 17.6. The molecule has 3 rings (SSSR count). The first kappa shape index (κ1) is 16.5. The van der Waals surface area contributed by atoms with E-state index in [1.54, 1.807) is 25.4 Å². The van der Waals surface area contributed by atoms with Crippen LogP contribution >= 0.6 is 0 Å². The highest BCUT2D eigenvalue weighted by atomic mass is 16.5. The Bertz CT molecular complexity index is 876. The summed E-state index contributed by atoms with van der Waals surface area (Å²) in [6.45, 7) is 2.00. The molecule has 2 N–H and O–H groups in total. The smallest absolute Gasteiger partial charge is 0.274 e.